The van der Waals surface area contributed by atoms with Crippen molar-refractivity contribution in [2.45, 2.75) is 11.3 Å². The average molecular weight is 318 g/mol. The highest BCUT2D eigenvalue weighted by atomic mass is 32.2. The molecule has 2 amide bonds. The van der Waals surface area contributed by atoms with Gasteiger partial charge < -0.3 is 0 Å². The summed E-state index contributed by atoms with van der Waals surface area (Å²) >= 11 is 1.26. The first kappa shape index (κ1) is 16.0. The number of hydrazine groups is 1. The maximum Gasteiger partial charge on any atom is 0.269 e. The molecule has 0 radical (unpaired) electrons. The normalized spacial score (nSPS) is 10.0. The number of carbonyl (C=O) groups excluding carboxylic acids is 2. The number of rotatable bonds is 5. The van der Waals surface area contributed by atoms with Gasteiger partial charge in [0, 0.05) is 22.6 Å². The maximum atomic E-state index is 13.4. The van der Waals surface area contributed by atoms with Crippen molar-refractivity contribution in [2.75, 3.05) is 5.75 Å². The lowest BCUT2D eigenvalue weighted by atomic mass is 10.2. The van der Waals surface area contributed by atoms with Crippen LogP contribution in [0.4, 0.5) is 4.39 Å². The second-order valence-corrected chi connectivity index (χ2v) is 5.53. The second kappa shape index (κ2) is 8.19. The third-order valence-electron chi connectivity index (χ3n) is 2.77. The number of carbonyl (C=O) groups is 2. The highest BCUT2D eigenvalue weighted by molar-refractivity contribution is 7.99. The molecule has 2 N–H and O–H groups in total. The Balaban J connectivity index is 1.70. The van der Waals surface area contributed by atoms with Crippen molar-refractivity contribution >= 4 is 23.6 Å². The monoisotopic (exact) mass is 318 g/mol. The van der Waals surface area contributed by atoms with Crippen molar-refractivity contribution in [2.24, 2.45) is 0 Å². The van der Waals surface area contributed by atoms with E-state index in [2.05, 4.69) is 10.9 Å². The Labute approximate surface area is 132 Å². The summed E-state index contributed by atoms with van der Waals surface area (Å²) in [4.78, 5) is 23.8. The van der Waals surface area contributed by atoms with Gasteiger partial charge in [0.15, 0.2) is 0 Å². The van der Waals surface area contributed by atoms with Crippen LogP contribution in [-0.2, 0) is 4.79 Å². The first-order valence-electron chi connectivity index (χ1n) is 6.68. The number of halogens is 1. The lowest BCUT2D eigenvalue weighted by Crippen LogP contribution is -2.41. The van der Waals surface area contributed by atoms with Crippen LogP contribution in [0, 0.1) is 5.82 Å². The molecule has 0 fully saturated rings. The van der Waals surface area contributed by atoms with Crippen LogP contribution in [0.25, 0.3) is 0 Å². The Hall–Kier alpha value is -2.34. The van der Waals surface area contributed by atoms with Gasteiger partial charge in [-0.25, -0.2) is 4.39 Å². The van der Waals surface area contributed by atoms with E-state index in [9.17, 15) is 14.0 Å². The number of nitrogens with one attached hydrogen (secondary N) is 2. The van der Waals surface area contributed by atoms with E-state index in [4.69, 9.17) is 0 Å². The van der Waals surface area contributed by atoms with Crippen molar-refractivity contribution in [1.82, 2.24) is 10.9 Å². The van der Waals surface area contributed by atoms with Gasteiger partial charge in [-0.05, 0) is 24.3 Å². The third kappa shape index (κ3) is 4.89. The summed E-state index contributed by atoms with van der Waals surface area (Å²) in [5, 5.41) is 0. The molecule has 0 bridgehead atoms. The average Bonchev–Trinajstić information content (AvgIpc) is 2.55. The van der Waals surface area contributed by atoms with Gasteiger partial charge in [-0.15, -0.1) is 11.8 Å². The minimum absolute atomic E-state index is 0.175. The number of hydrogen-bond donors (Lipinski definition) is 2. The molecule has 0 saturated heterocycles. The summed E-state index contributed by atoms with van der Waals surface area (Å²) in [5.41, 5.74) is 5.13. The zero-order valence-corrected chi connectivity index (χ0v) is 12.5. The number of amides is 2. The van der Waals surface area contributed by atoms with Crippen molar-refractivity contribution < 1.29 is 14.0 Å². The van der Waals surface area contributed by atoms with Crippen LogP contribution >= 0.6 is 11.8 Å². The van der Waals surface area contributed by atoms with Crippen LogP contribution in [-0.4, -0.2) is 17.6 Å². The smallest absolute Gasteiger partial charge is 0.269 e. The zero-order valence-electron chi connectivity index (χ0n) is 11.7. The minimum Gasteiger partial charge on any atom is -0.273 e. The number of hydrogen-bond acceptors (Lipinski definition) is 3. The molecule has 0 aromatic heterocycles. The quantitative estimate of drug-likeness (QED) is 0.658. The van der Waals surface area contributed by atoms with Crippen LogP contribution in [0.5, 0.6) is 0 Å². The van der Waals surface area contributed by atoms with Crippen LogP contribution in [0.1, 0.15) is 16.8 Å². The summed E-state index contributed by atoms with van der Waals surface area (Å²) < 4.78 is 13.4. The number of benzene rings is 2. The fourth-order valence-corrected chi connectivity index (χ4v) is 2.55. The van der Waals surface area contributed by atoms with E-state index in [0.29, 0.717) is 16.2 Å². The molecule has 4 nitrogen and oxygen atoms in total. The zero-order chi connectivity index (χ0) is 15.8. The minimum atomic E-state index is -0.379. The molecule has 2 aromatic rings. The first-order chi connectivity index (χ1) is 10.7. The SMILES string of the molecule is O=C(CCSc1ccccc1F)NNC(=O)c1ccccc1. The molecule has 2 rings (SSSR count). The predicted octanol–water partition coefficient (Wildman–Crippen LogP) is 2.77. The molecule has 114 valence electrons. The van der Waals surface area contributed by atoms with Crippen molar-refractivity contribution in [3.63, 3.8) is 0 Å². The van der Waals surface area contributed by atoms with E-state index < -0.39 is 0 Å². The van der Waals surface area contributed by atoms with E-state index in [1.54, 1.807) is 48.5 Å². The van der Waals surface area contributed by atoms with Gasteiger partial charge in [0.1, 0.15) is 5.82 Å². The Morgan fingerprint density at radius 3 is 2.36 bits per heavy atom. The Kier molecular flexibility index (Phi) is 5.97. The topological polar surface area (TPSA) is 58.2 Å². The third-order valence-corrected chi connectivity index (χ3v) is 3.83. The largest absolute Gasteiger partial charge is 0.273 e. The van der Waals surface area contributed by atoms with Gasteiger partial charge >= 0.3 is 0 Å². The van der Waals surface area contributed by atoms with E-state index in [1.165, 1.54) is 17.8 Å². The molecule has 0 aliphatic rings. The standard InChI is InChI=1S/C16H15FN2O2S/c17-13-8-4-5-9-14(13)22-11-10-15(20)18-19-16(21)12-6-2-1-3-7-12/h1-9H,10-11H2,(H,18,20)(H,19,21). The summed E-state index contributed by atoms with van der Waals surface area (Å²) in [6, 6.07) is 15.0. The summed E-state index contributed by atoms with van der Waals surface area (Å²) in [6.07, 6.45) is 0.175. The molecule has 6 heteroatoms. The van der Waals surface area contributed by atoms with E-state index in [0.717, 1.165) is 0 Å². The summed E-state index contributed by atoms with van der Waals surface area (Å²) in [7, 11) is 0. The van der Waals surface area contributed by atoms with Gasteiger partial charge in [-0.3, -0.25) is 20.4 Å². The molecule has 0 heterocycles. The van der Waals surface area contributed by atoms with Crippen molar-refractivity contribution in [1.29, 1.82) is 0 Å². The lowest BCUT2D eigenvalue weighted by molar-refractivity contribution is -0.121. The molecule has 22 heavy (non-hydrogen) atoms. The van der Waals surface area contributed by atoms with Crippen LogP contribution in [0.2, 0.25) is 0 Å². The fourth-order valence-electron chi connectivity index (χ4n) is 1.67. The lowest BCUT2D eigenvalue weighted by Gasteiger charge is -2.07. The van der Waals surface area contributed by atoms with Gasteiger partial charge in [-0.1, -0.05) is 30.3 Å². The molecule has 0 saturated carbocycles. The number of thioether (sulfide) groups is 1. The molecular formula is C16H15FN2O2S. The summed E-state index contributed by atoms with van der Waals surface area (Å²) in [5.74, 6) is -0.581. The van der Waals surface area contributed by atoms with Crippen LogP contribution < -0.4 is 10.9 Å². The molecule has 0 aliphatic heterocycles. The van der Waals surface area contributed by atoms with Gasteiger partial charge in [0.05, 0.1) is 0 Å². The first-order valence-corrected chi connectivity index (χ1v) is 7.67. The van der Waals surface area contributed by atoms with E-state index in [-0.39, 0.29) is 24.1 Å². The van der Waals surface area contributed by atoms with E-state index >= 15 is 0 Å². The van der Waals surface area contributed by atoms with Crippen molar-refractivity contribution in [3.05, 3.63) is 66.0 Å². The van der Waals surface area contributed by atoms with E-state index in [1.807, 2.05) is 0 Å². The Bertz CT molecular complexity index is 650. The van der Waals surface area contributed by atoms with Gasteiger partial charge in [0.25, 0.3) is 5.91 Å². The van der Waals surface area contributed by atoms with Gasteiger partial charge in [0.2, 0.25) is 5.91 Å². The Morgan fingerprint density at radius 2 is 1.64 bits per heavy atom. The highest BCUT2D eigenvalue weighted by Crippen LogP contribution is 2.21. The fraction of sp³-hybridized carbons (Fsp3) is 0.125. The molecule has 0 spiro atoms. The van der Waals surface area contributed by atoms with Crippen molar-refractivity contribution in [3.8, 4) is 0 Å². The molecular weight excluding hydrogens is 303 g/mol. The molecule has 0 aliphatic carbocycles. The molecule has 0 unspecified atom stereocenters. The Morgan fingerprint density at radius 1 is 0.955 bits per heavy atom. The van der Waals surface area contributed by atoms with Crippen LogP contribution in [0.15, 0.2) is 59.5 Å². The molecule has 2 aromatic carbocycles. The van der Waals surface area contributed by atoms with Crippen LogP contribution in [0.3, 0.4) is 0 Å². The predicted molar refractivity (Wildman–Crippen MR) is 83.8 cm³/mol. The maximum absolute atomic E-state index is 13.4. The van der Waals surface area contributed by atoms with Gasteiger partial charge in [-0.2, -0.15) is 0 Å². The highest BCUT2D eigenvalue weighted by Gasteiger charge is 2.07. The summed E-state index contributed by atoms with van der Waals surface area (Å²) in [6.45, 7) is 0. The second-order valence-electron chi connectivity index (χ2n) is 4.40. The molecule has 0 atom stereocenters.